The van der Waals surface area contributed by atoms with Crippen LogP contribution in [0.2, 0.25) is 0 Å². The van der Waals surface area contributed by atoms with E-state index >= 15 is 0 Å². The van der Waals surface area contributed by atoms with E-state index in [1.165, 1.54) is 4.57 Å². The third kappa shape index (κ3) is 3.55. The molecule has 0 fully saturated rings. The number of anilines is 1. The van der Waals surface area contributed by atoms with Gasteiger partial charge in [-0.15, -0.1) is 0 Å². The van der Waals surface area contributed by atoms with Gasteiger partial charge in [0.05, 0.1) is 7.11 Å². The number of methoxy groups -OCH3 is 1. The van der Waals surface area contributed by atoms with Crippen molar-refractivity contribution in [3.05, 3.63) is 70.6 Å². The lowest BCUT2D eigenvalue weighted by molar-refractivity contribution is -0.116. The average Bonchev–Trinajstić information content (AvgIpc) is 2.64. The Kier molecular flexibility index (Phi) is 4.84. The van der Waals surface area contributed by atoms with Crippen LogP contribution in [0.3, 0.4) is 0 Å². The summed E-state index contributed by atoms with van der Waals surface area (Å²) in [6.45, 7) is 2.01. The fourth-order valence-corrected chi connectivity index (χ4v) is 2.81. The molecule has 0 aliphatic heterocycles. The highest BCUT2D eigenvalue weighted by molar-refractivity contribution is 5.91. The Balaban J connectivity index is 1.84. The number of nitrogens with one attached hydrogen (secondary N) is 1. The molecular weight excluding hydrogens is 316 g/mol. The minimum atomic E-state index is -0.226. The fourth-order valence-electron chi connectivity index (χ4n) is 2.81. The highest BCUT2D eigenvalue weighted by atomic mass is 16.5. The van der Waals surface area contributed by atoms with Gasteiger partial charge in [-0.25, -0.2) is 0 Å². The molecule has 1 N–H and O–H groups in total. The molecular formula is C20H20N2O3. The van der Waals surface area contributed by atoms with Gasteiger partial charge in [0, 0.05) is 17.3 Å². The number of aryl methyl sites for hydroxylation is 1. The van der Waals surface area contributed by atoms with Crippen molar-refractivity contribution >= 4 is 22.4 Å². The highest BCUT2D eigenvalue weighted by Crippen LogP contribution is 2.18. The van der Waals surface area contributed by atoms with Crippen molar-refractivity contribution in [2.45, 2.75) is 19.9 Å². The van der Waals surface area contributed by atoms with Crippen LogP contribution in [-0.4, -0.2) is 17.6 Å². The third-order valence-corrected chi connectivity index (χ3v) is 4.17. The summed E-state index contributed by atoms with van der Waals surface area (Å²) in [6, 6.07) is 14.7. The molecule has 1 heterocycles. The van der Waals surface area contributed by atoms with Gasteiger partial charge in [-0.3, -0.25) is 9.59 Å². The molecule has 0 radical (unpaired) electrons. The monoisotopic (exact) mass is 336 g/mol. The smallest absolute Gasteiger partial charge is 0.258 e. The largest absolute Gasteiger partial charge is 0.497 e. The maximum Gasteiger partial charge on any atom is 0.258 e. The van der Waals surface area contributed by atoms with E-state index in [0.29, 0.717) is 11.1 Å². The quantitative estimate of drug-likeness (QED) is 0.778. The van der Waals surface area contributed by atoms with Gasteiger partial charge < -0.3 is 14.6 Å². The molecule has 5 nitrogen and oxygen atoms in total. The highest BCUT2D eigenvalue weighted by Gasteiger charge is 2.09. The van der Waals surface area contributed by atoms with Crippen molar-refractivity contribution in [2.75, 3.05) is 12.4 Å². The molecule has 0 aliphatic carbocycles. The van der Waals surface area contributed by atoms with Crippen molar-refractivity contribution in [1.29, 1.82) is 0 Å². The molecule has 1 amide bonds. The van der Waals surface area contributed by atoms with E-state index in [0.717, 1.165) is 23.1 Å². The van der Waals surface area contributed by atoms with Crippen LogP contribution < -0.4 is 15.6 Å². The zero-order valence-electron chi connectivity index (χ0n) is 14.3. The Morgan fingerprint density at radius 1 is 1.16 bits per heavy atom. The Labute approximate surface area is 145 Å². The summed E-state index contributed by atoms with van der Waals surface area (Å²) in [6.07, 6.45) is 2.46. The van der Waals surface area contributed by atoms with Crippen LogP contribution in [0.4, 0.5) is 5.69 Å². The molecule has 0 saturated heterocycles. The topological polar surface area (TPSA) is 60.3 Å². The lowest BCUT2D eigenvalue weighted by Crippen LogP contribution is -2.27. The molecule has 3 aromatic rings. The molecule has 0 atom stereocenters. The number of carbonyl (C=O) groups is 1. The zero-order chi connectivity index (χ0) is 17.8. The van der Waals surface area contributed by atoms with Crippen molar-refractivity contribution in [3.63, 3.8) is 0 Å². The second-order valence-corrected chi connectivity index (χ2v) is 5.76. The van der Waals surface area contributed by atoms with E-state index in [1.54, 1.807) is 31.5 Å². The van der Waals surface area contributed by atoms with Crippen LogP contribution in [0.1, 0.15) is 12.5 Å². The summed E-state index contributed by atoms with van der Waals surface area (Å²) in [5, 5.41) is 4.23. The average molecular weight is 336 g/mol. The number of aromatic nitrogens is 1. The number of hydrogen-bond donors (Lipinski definition) is 1. The first-order valence-corrected chi connectivity index (χ1v) is 8.17. The van der Waals surface area contributed by atoms with E-state index in [1.807, 2.05) is 37.3 Å². The molecule has 0 aliphatic rings. The zero-order valence-corrected chi connectivity index (χ0v) is 14.3. The van der Waals surface area contributed by atoms with Gasteiger partial charge in [-0.2, -0.15) is 0 Å². The number of pyridine rings is 1. The van der Waals surface area contributed by atoms with Crippen molar-refractivity contribution in [1.82, 2.24) is 4.57 Å². The normalized spacial score (nSPS) is 10.6. The number of fused-ring (bicyclic) bond motifs is 1. The van der Waals surface area contributed by atoms with E-state index in [9.17, 15) is 9.59 Å². The van der Waals surface area contributed by atoms with E-state index in [4.69, 9.17) is 4.74 Å². The van der Waals surface area contributed by atoms with E-state index in [-0.39, 0.29) is 18.0 Å². The van der Waals surface area contributed by atoms with Crippen LogP contribution >= 0.6 is 0 Å². The van der Waals surface area contributed by atoms with Crippen molar-refractivity contribution in [3.8, 4) is 5.75 Å². The Morgan fingerprint density at radius 2 is 1.96 bits per heavy atom. The van der Waals surface area contributed by atoms with Gasteiger partial charge >= 0.3 is 0 Å². The minimum absolute atomic E-state index is 0.0289. The summed E-state index contributed by atoms with van der Waals surface area (Å²) >= 11 is 0. The summed E-state index contributed by atoms with van der Waals surface area (Å²) in [5.41, 5.74) is 1.65. The minimum Gasteiger partial charge on any atom is -0.497 e. The predicted molar refractivity (Wildman–Crippen MR) is 99.2 cm³/mol. The molecule has 0 spiro atoms. The van der Waals surface area contributed by atoms with Gasteiger partial charge in [-0.1, -0.05) is 25.1 Å². The SMILES string of the molecule is CCc1ccccc1NC(=O)Cn1ccc2cc(OC)ccc2c1=O. The maximum absolute atomic E-state index is 12.6. The van der Waals surface area contributed by atoms with Gasteiger partial charge in [0.2, 0.25) is 5.91 Å². The Bertz CT molecular complexity index is 976. The molecule has 3 rings (SSSR count). The van der Waals surface area contributed by atoms with Crippen molar-refractivity contribution in [2.24, 2.45) is 0 Å². The van der Waals surface area contributed by atoms with Gasteiger partial charge in [0.25, 0.3) is 5.56 Å². The molecule has 5 heteroatoms. The van der Waals surface area contributed by atoms with Crippen molar-refractivity contribution < 1.29 is 9.53 Å². The summed E-state index contributed by atoms with van der Waals surface area (Å²) in [7, 11) is 1.58. The third-order valence-electron chi connectivity index (χ3n) is 4.17. The second-order valence-electron chi connectivity index (χ2n) is 5.76. The lowest BCUT2D eigenvalue weighted by atomic mass is 10.1. The number of amides is 1. The number of rotatable bonds is 5. The molecule has 0 saturated carbocycles. The molecule has 25 heavy (non-hydrogen) atoms. The van der Waals surface area contributed by atoms with E-state index < -0.39 is 0 Å². The Morgan fingerprint density at radius 3 is 2.72 bits per heavy atom. The number of carbonyl (C=O) groups excluding carboxylic acids is 1. The first kappa shape index (κ1) is 16.8. The molecule has 1 aromatic heterocycles. The first-order valence-electron chi connectivity index (χ1n) is 8.17. The number of benzene rings is 2. The molecule has 0 unspecified atom stereocenters. The number of para-hydroxylation sites is 1. The van der Waals surface area contributed by atoms with Crippen LogP contribution in [0.15, 0.2) is 59.5 Å². The predicted octanol–water partition coefficient (Wildman–Crippen LogP) is 3.21. The molecule has 128 valence electrons. The summed E-state index contributed by atoms with van der Waals surface area (Å²) in [4.78, 5) is 24.9. The Hall–Kier alpha value is -3.08. The van der Waals surface area contributed by atoms with Crippen LogP contribution in [0, 0.1) is 0 Å². The van der Waals surface area contributed by atoms with Crippen LogP contribution in [0.25, 0.3) is 10.8 Å². The van der Waals surface area contributed by atoms with E-state index in [2.05, 4.69) is 5.32 Å². The fraction of sp³-hybridized carbons (Fsp3) is 0.200. The number of nitrogens with zero attached hydrogens (tertiary/aromatic N) is 1. The second kappa shape index (κ2) is 7.21. The summed E-state index contributed by atoms with van der Waals surface area (Å²) in [5.74, 6) is 0.467. The first-order chi connectivity index (χ1) is 12.1. The number of ether oxygens (including phenoxy) is 1. The molecule has 2 aromatic carbocycles. The maximum atomic E-state index is 12.6. The summed E-state index contributed by atoms with van der Waals surface area (Å²) < 4.78 is 6.59. The van der Waals surface area contributed by atoms with Gasteiger partial charge in [0.1, 0.15) is 12.3 Å². The standard InChI is InChI=1S/C20H20N2O3/c1-3-14-6-4-5-7-18(14)21-19(23)13-22-11-10-15-12-16(25-2)8-9-17(15)20(22)24/h4-12H,3,13H2,1-2H3,(H,21,23). The lowest BCUT2D eigenvalue weighted by Gasteiger charge is -2.11. The molecule has 0 bridgehead atoms. The van der Waals surface area contributed by atoms with Crippen LogP contribution in [-0.2, 0) is 17.8 Å². The van der Waals surface area contributed by atoms with Gasteiger partial charge in [0.15, 0.2) is 0 Å². The van der Waals surface area contributed by atoms with Crippen LogP contribution in [0.5, 0.6) is 5.75 Å². The number of hydrogen-bond acceptors (Lipinski definition) is 3. The van der Waals surface area contributed by atoms with Gasteiger partial charge in [-0.05, 0) is 47.7 Å².